The molecule has 138 valence electrons. The van der Waals surface area contributed by atoms with Crippen LogP contribution in [-0.4, -0.2) is 26.3 Å². The van der Waals surface area contributed by atoms with Crippen LogP contribution < -0.4 is 15.6 Å². The maximum absolute atomic E-state index is 12.5. The van der Waals surface area contributed by atoms with Crippen LogP contribution in [0.5, 0.6) is 0 Å². The fourth-order valence-corrected chi connectivity index (χ4v) is 3.52. The molecule has 0 unspecified atom stereocenters. The molecule has 0 heterocycles. The zero-order valence-electron chi connectivity index (χ0n) is 14.7. The van der Waals surface area contributed by atoms with Gasteiger partial charge in [0.15, 0.2) is 0 Å². The van der Waals surface area contributed by atoms with E-state index in [0.29, 0.717) is 6.42 Å². The predicted octanol–water partition coefficient (Wildman–Crippen LogP) is 1.25. The Kier molecular flexibility index (Phi) is 6.18. The number of carbonyl (C=O) groups is 2. The number of hydrogen-bond donors (Lipinski definition) is 3. The summed E-state index contributed by atoms with van der Waals surface area (Å²) in [7, 11) is -3.83. The zero-order chi connectivity index (χ0) is 18.6. The number of nitrogens with one attached hydrogen (secondary N) is 3. The lowest BCUT2D eigenvalue weighted by molar-refractivity contribution is -0.130. The van der Waals surface area contributed by atoms with E-state index in [9.17, 15) is 18.0 Å². The van der Waals surface area contributed by atoms with Crippen molar-refractivity contribution < 1.29 is 18.0 Å². The fraction of sp³-hybridized carbons (Fsp3) is 0.529. The van der Waals surface area contributed by atoms with E-state index in [1.54, 1.807) is 12.1 Å². The van der Waals surface area contributed by atoms with E-state index in [-0.39, 0.29) is 22.6 Å². The van der Waals surface area contributed by atoms with E-state index in [2.05, 4.69) is 15.6 Å². The molecule has 1 aromatic carbocycles. The van der Waals surface area contributed by atoms with Gasteiger partial charge >= 0.3 is 0 Å². The van der Waals surface area contributed by atoms with Crippen LogP contribution in [0.2, 0.25) is 0 Å². The molecule has 0 aliphatic heterocycles. The van der Waals surface area contributed by atoms with Gasteiger partial charge in [-0.15, -0.1) is 0 Å². The minimum atomic E-state index is -3.83. The number of carbonyl (C=O) groups excluding carboxylic acids is 2. The Hall–Kier alpha value is -1.93. The highest BCUT2D eigenvalue weighted by Gasteiger charge is 2.31. The Balaban J connectivity index is 2.06. The van der Waals surface area contributed by atoms with Crippen molar-refractivity contribution in [3.05, 3.63) is 29.8 Å². The van der Waals surface area contributed by atoms with Crippen molar-refractivity contribution in [2.45, 2.75) is 51.0 Å². The van der Waals surface area contributed by atoms with Crippen molar-refractivity contribution in [2.24, 2.45) is 11.8 Å². The molecule has 0 saturated heterocycles. The van der Waals surface area contributed by atoms with Gasteiger partial charge < -0.3 is 0 Å². The second-order valence-electron chi connectivity index (χ2n) is 6.87. The predicted molar refractivity (Wildman–Crippen MR) is 93.8 cm³/mol. The fourth-order valence-electron chi connectivity index (χ4n) is 2.31. The van der Waals surface area contributed by atoms with Gasteiger partial charge in [0, 0.05) is 5.92 Å². The number of aryl methyl sites for hydroxylation is 1. The van der Waals surface area contributed by atoms with E-state index < -0.39 is 22.0 Å². The molecule has 0 radical (unpaired) electrons. The van der Waals surface area contributed by atoms with Crippen molar-refractivity contribution in [2.75, 3.05) is 0 Å². The molecule has 0 bridgehead atoms. The maximum atomic E-state index is 12.5. The third-order valence-electron chi connectivity index (χ3n) is 3.91. The molecule has 1 aliphatic carbocycles. The Morgan fingerprint density at radius 3 is 2.24 bits per heavy atom. The van der Waals surface area contributed by atoms with Crippen molar-refractivity contribution in [1.82, 2.24) is 15.6 Å². The topological polar surface area (TPSA) is 104 Å². The molecule has 7 nitrogen and oxygen atoms in total. The molecule has 1 aromatic rings. The first-order valence-electron chi connectivity index (χ1n) is 8.37. The number of rotatable bonds is 7. The molecule has 1 aliphatic rings. The number of benzene rings is 1. The Morgan fingerprint density at radius 1 is 1.12 bits per heavy atom. The second-order valence-corrected chi connectivity index (χ2v) is 8.58. The summed E-state index contributed by atoms with van der Waals surface area (Å²) in [6, 6.07) is 5.42. The molecule has 2 amide bonds. The number of hydrazine groups is 1. The monoisotopic (exact) mass is 367 g/mol. The average molecular weight is 367 g/mol. The van der Waals surface area contributed by atoms with Crippen LogP contribution in [0, 0.1) is 18.8 Å². The molecule has 1 saturated carbocycles. The molecular weight excluding hydrogens is 342 g/mol. The van der Waals surface area contributed by atoms with E-state index in [1.165, 1.54) is 12.1 Å². The van der Waals surface area contributed by atoms with Crippen molar-refractivity contribution in [1.29, 1.82) is 0 Å². The highest BCUT2D eigenvalue weighted by molar-refractivity contribution is 7.89. The molecule has 0 spiro atoms. The quantitative estimate of drug-likeness (QED) is 0.631. The van der Waals surface area contributed by atoms with E-state index in [1.807, 2.05) is 20.8 Å². The highest BCUT2D eigenvalue weighted by atomic mass is 32.2. The minimum absolute atomic E-state index is 0.0481. The van der Waals surface area contributed by atoms with Gasteiger partial charge in [0.25, 0.3) is 5.91 Å². The standard InChI is InChI=1S/C17H25N3O4S/c1-11(2)10-15(17(22)19-18-16(21)13-6-7-13)20-25(23,24)14-8-4-12(3)5-9-14/h4-5,8-9,11,13,15,20H,6-7,10H2,1-3H3,(H,18,21)(H,19,22)/t15-/m1/s1. The summed E-state index contributed by atoms with van der Waals surface area (Å²) in [4.78, 5) is 24.1. The molecule has 0 aromatic heterocycles. The molecule has 8 heteroatoms. The third kappa shape index (κ3) is 5.82. The molecule has 1 fully saturated rings. The molecule has 1 atom stereocenters. The van der Waals surface area contributed by atoms with E-state index in [4.69, 9.17) is 0 Å². The lowest BCUT2D eigenvalue weighted by atomic mass is 10.0. The Morgan fingerprint density at radius 2 is 1.72 bits per heavy atom. The van der Waals surface area contributed by atoms with Gasteiger partial charge in [-0.3, -0.25) is 20.4 Å². The maximum Gasteiger partial charge on any atom is 0.256 e. The first-order valence-corrected chi connectivity index (χ1v) is 9.86. The normalized spacial score (nSPS) is 15.7. The third-order valence-corrected chi connectivity index (χ3v) is 5.40. The Labute approximate surface area is 148 Å². The average Bonchev–Trinajstić information content (AvgIpc) is 3.36. The van der Waals surface area contributed by atoms with Gasteiger partial charge in [0.1, 0.15) is 6.04 Å². The summed E-state index contributed by atoms with van der Waals surface area (Å²) in [5, 5.41) is 0. The van der Waals surface area contributed by atoms with Crippen LogP contribution in [0.25, 0.3) is 0 Å². The lowest BCUT2D eigenvalue weighted by Crippen LogP contribution is -2.52. The van der Waals surface area contributed by atoms with Crippen molar-refractivity contribution >= 4 is 21.8 Å². The summed E-state index contributed by atoms with van der Waals surface area (Å²) in [6.45, 7) is 5.65. The van der Waals surface area contributed by atoms with Gasteiger partial charge in [-0.1, -0.05) is 31.5 Å². The van der Waals surface area contributed by atoms with Crippen LogP contribution in [0.15, 0.2) is 29.2 Å². The lowest BCUT2D eigenvalue weighted by Gasteiger charge is -2.20. The molecule has 2 rings (SSSR count). The zero-order valence-corrected chi connectivity index (χ0v) is 15.5. The van der Waals surface area contributed by atoms with Crippen LogP contribution >= 0.6 is 0 Å². The molecule has 3 N–H and O–H groups in total. The van der Waals surface area contributed by atoms with Gasteiger partial charge in [-0.2, -0.15) is 4.72 Å². The van der Waals surface area contributed by atoms with Gasteiger partial charge in [0.05, 0.1) is 4.90 Å². The number of sulfonamides is 1. The largest absolute Gasteiger partial charge is 0.273 e. The first-order chi connectivity index (χ1) is 11.7. The second kappa shape index (κ2) is 7.97. The van der Waals surface area contributed by atoms with Crippen LogP contribution in [0.3, 0.4) is 0 Å². The van der Waals surface area contributed by atoms with Crippen molar-refractivity contribution in [3.8, 4) is 0 Å². The first kappa shape index (κ1) is 19.4. The SMILES string of the molecule is Cc1ccc(S(=O)(=O)N[C@H](CC(C)C)C(=O)NNC(=O)C2CC2)cc1. The molecular formula is C17H25N3O4S. The van der Waals surface area contributed by atoms with Crippen molar-refractivity contribution in [3.63, 3.8) is 0 Å². The Bertz CT molecular complexity index is 725. The minimum Gasteiger partial charge on any atom is -0.273 e. The van der Waals surface area contributed by atoms with E-state index >= 15 is 0 Å². The smallest absolute Gasteiger partial charge is 0.256 e. The van der Waals surface area contributed by atoms with Crippen LogP contribution in [0.4, 0.5) is 0 Å². The summed E-state index contributed by atoms with van der Waals surface area (Å²) in [6.07, 6.45) is 1.95. The number of hydrogen-bond acceptors (Lipinski definition) is 4. The van der Waals surface area contributed by atoms with Crippen LogP contribution in [0.1, 0.15) is 38.7 Å². The summed E-state index contributed by atoms with van der Waals surface area (Å²) in [5.74, 6) is -0.764. The van der Waals surface area contributed by atoms with E-state index in [0.717, 1.165) is 18.4 Å². The van der Waals surface area contributed by atoms with Crippen LogP contribution in [-0.2, 0) is 19.6 Å². The van der Waals surface area contributed by atoms with Gasteiger partial charge in [-0.05, 0) is 44.2 Å². The summed E-state index contributed by atoms with van der Waals surface area (Å²) in [5.41, 5.74) is 5.63. The summed E-state index contributed by atoms with van der Waals surface area (Å²) >= 11 is 0. The number of amides is 2. The van der Waals surface area contributed by atoms with Gasteiger partial charge in [0.2, 0.25) is 15.9 Å². The molecule has 25 heavy (non-hydrogen) atoms. The van der Waals surface area contributed by atoms with Gasteiger partial charge in [-0.25, -0.2) is 8.42 Å². The highest BCUT2D eigenvalue weighted by Crippen LogP contribution is 2.28. The summed E-state index contributed by atoms with van der Waals surface area (Å²) < 4.78 is 27.5.